The number of para-hydroxylation sites is 2. The number of amides is 1. The van der Waals surface area contributed by atoms with Crippen LogP contribution in [0.25, 0.3) is 5.69 Å². The zero-order valence-electron chi connectivity index (χ0n) is 16.5. The Labute approximate surface area is 169 Å². The fourth-order valence-corrected chi connectivity index (χ4v) is 3.56. The van der Waals surface area contributed by atoms with Crippen LogP contribution >= 0.6 is 0 Å². The van der Waals surface area contributed by atoms with Crippen molar-refractivity contribution in [3.8, 4) is 5.69 Å². The molecule has 1 fully saturated rings. The number of benzene rings is 1. The number of nitrogens with zero attached hydrogens (tertiary/aromatic N) is 4. The molecule has 1 N–H and O–H groups in total. The summed E-state index contributed by atoms with van der Waals surface area (Å²) in [7, 11) is 0. The van der Waals surface area contributed by atoms with Crippen LogP contribution in [-0.4, -0.2) is 65.8 Å². The van der Waals surface area contributed by atoms with E-state index in [2.05, 4.69) is 15.3 Å². The van der Waals surface area contributed by atoms with Gasteiger partial charge in [0.15, 0.2) is 5.69 Å². The predicted molar refractivity (Wildman–Crippen MR) is 106 cm³/mol. The molecule has 2 aromatic rings. The molecule has 9 nitrogen and oxygen atoms in total. The molecule has 2 aliphatic heterocycles. The van der Waals surface area contributed by atoms with E-state index in [4.69, 9.17) is 9.47 Å². The highest BCUT2D eigenvalue weighted by Gasteiger charge is 2.26. The van der Waals surface area contributed by atoms with E-state index in [1.165, 1.54) is 0 Å². The Hall–Kier alpha value is -2.91. The van der Waals surface area contributed by atoms with Crippen LogP contribution in [0.5, 0.6) is 0 Å². The van der Waals surface area contributed by atoms with Crippen molar-refractivity contribution in [3.63, 3.8) is 0 Å². The molecule has 29 heavy (non-hydrogen) atoms. The quantitative estimate of drug-likeness (QED) is 0.728. The first-order chi connectivity index (χ1) is 14.2. The van der Waals surface area contributed by atoms with Crippen molar-refractivity contribution < 1.29 is 19.1 Å². The summed E-state index contributed by atoms with van der Waals surface area (Å²) >= 11 is 0. The third kappa shape index (κ3) is 4.25. The van der Waals surface area contributed by atoms with Gasteiger partial charge in [-0.2, -0.15) is 0 Å². The Balaban J connectivity index is 1.48. The fourth-order valence-electron chi connectivity index (χ4n) is 3.56. The molecule has 0 unspecified atom stereocenters. The van der Waals surface area contributed by atoms with Gasteiger partial charge in [-0.05, 0) is 19.1 Å². The number of fused-ring (bicyclic) bond motifs is 3. The van der Waals surface area contributed by atoms with Gasteiger partial charge in [-0.3, -0.25) is 24.7 Å². The zero-order chi connectivity index (χ0) is 20.2. The predicted octanol–water partition coefficient (Wildman–Crippen LogP) is 1.12. The summed E-state index contributed by atoms with van der Waals surface area (Å²) in [4.78, 5) is 31.3. The minimum Gasteiger partial charge on any atom is -0.461 e. The lowest BCUT2D eigenvalue weighted by molar-refractivity contribution is -0.121. The summed E-state index contributed by atoms with van der Waals surface area (Å²) in [6.07, 6.45) is 2.09. The summed E-state index contributed by atoms with van der Waals surface area (Å²) in [6, 6.07) is 7.70. The van der Waals surface area contributed by atoms with Crippen LogP contribution < -0.4 is 10.4 Å². The molecule has 154 valence electrons. The standard InChI is InChI=1S/C20H25N5O4/c1-2-29-20(27)15-13-24-16-5-3-4-6-17(16)25(14-18(24)21-15)22-19(26)7-8-23-9-11-28-12-10-23/h3-6,13H,2,7-12,14H2,1H3,(H,22,26). The Kier molecular flexibility index (Phi) is 5.77. The van der Waals surface area contributed by atoms with Crippen molar-refractivity contribution in [1.29, 1.82) is 0 Å². The second-order valence-corrected chi connectivity index (χ2v) is 6.95. The van der Waals surface area contributed by atoms with Crippen LogP contribution in [0.3, 0.4) is 0 Å². The summed E-state index contributed by atoms with van der Waals surface area (Å²) < 4.78 is 12.3. The number of aromatic nitrogens is 2. The highest BCUT2D eigenvalue weighted by Crippen LogP contribution is 2.30. The molecule has 3 heterocycles. The lowest BCUT2D eigenvalue weighted by Crippen LogP contribution is -2.46. The summed E-state index contributed by atoms with van der Waals surface area (Å²) in [5, 5.41) is 1.79. The number of hydrogen-bond acceptors (Lipinski definition) is 7. The van der Waals surface area contributed by atoms with Crippen molar-refractivity contribution in [1.82, 2.24) is 19.9 Å². The molecule has 0 saturated carbocycles. The van der Waals surface area contributed by atoms with Crippen molar-refractivity contribution in [2.45, 2.75) is 19.9 Å². The summed E-state index contributed by atoms with van der Waals surface area (Å²) in [6.45, 7) is 6.26. The van der Waals surface area contributed by atoms with Crippen molar-refractivity contribution in [2.75, 3.05) is 44.5 Å². The van der Waals surface area contributed by atoms with Gasteiger partial charge in [0.1, 0.15) is 5.82 Å². The summed E-state index contributed by atoms with van der Waals surface area (Å²) in [5.41, 5.74) is 4.95. The van der Waals surface area contributed by atoms with Crippen LogP contribution in [0.4, 0.5) is 5.69 Å². The van der Waals surface area contributed by atoms with Crippen molar-refractivity contribution in [3.05, 3.63) is 42.0 Å². The Morgan fingerprint density at radius 3 is 2.72 bits per heavy atom. The number of nitrogens with one attached hydrogen (secondary N) is 1. The highest BCUT2D eigenvalue weighted by atomic mass is 16.5. The van der Waals surface area contributed by atoms with Crippen molar-refractivity contribution >= 4 is 17.6 Å². The van der Waals surface area contributed by atoms with E-state index in [0.717, 1.165) is 24.5 Å². The van der Waals surface area contributed by atoms with Crippen LogP contribution in [0.2, 0.25) is 0 Å². The number of hydrazine groups is 1. The Bertz CT molecular complexity index is 891. The highest BCUT2D eigenvalue weighted by molar-refractivity contribution is 5.87. The van der Waals surface area contributed by atoms with E-state index in [1.807, 2.05) is 28.8 Å². The second kappa shape index (κ2) is 8.62. The van der Waals surface area contributed by atoms with Gasteiger partial charge < -0.3 is 9.47 Å². The molecule has 4 rings (SSSR count). The Morgan fingerprint density at radius 2 is 1.97 bits per heavy atom. The number of esters is 1. The smallest absolute Gasteiger partial charge is 0.358 e. The lowest BCUT2D eigenvalue weighted by atomic mass is 10.2. The van der Waals surface area contributed by atoms with Gasteiger partial charge in [0.2, 0.25) is 5.91 Å². The molecule has 0 aliphatic carbocycles. The van der Waals surface area contributed by atoms with Gasteiger partial charge in [-0.15, -0.1) is 0 Å². The van der Waals surface area contributed by atoms with E-state index < -0.39 is 5.97 Å². The molecule has 1 aromatic heterocycles. The van der Waals surface area contributed by atoms with E-state index in [-0.39, 0.29) is 11.6 Å². The topological polar surface area (TPSA) is 88.9 Å². The maximum Gasteiger partial charge on any atom is 0.358 e. The lowest BCUT2D eigenvalue weighted by Gasteiger charge is -2.32. The van der Waals surface area contributed by atoms with Gasteiger partial charge in [0, 0.05) is 32.3 Å². The van der Waals surface area contributed by atoms with Gasteiger partial charge in [0.05, 0.1) is 37.7 Å². The average molecular weight is 399 g/mol. The first kappa shape index (κ1) is 19.4. The van der Waals surface area contributed by atoms with E-state index in [9.17, 15) is 9.59 Å². The number of carbonyl (C=O) groups excluding carboxylic acids is 2. The minimum atomic E-state index is -0.451. The Morgan fingerprint density at radius 1 is 1.21 bits per heavy atom. The second-order valence-electron chi connectivity index (χ2n) is 6.95. The third-order valence-electron chi connectivity index (χ3n) is 5.01. The number of morpholine rings is 1. The number of ether oxygens (including phenoxy) is 2. The minimum absolute atomic E-state index is 0.0584. The van der Waals surface area contributed by atoms with Crippen LogP contribution in [-0.2, 0) is 20.8 Å². The largest absolute Gasteiger partial charge is 0.461 e. The van der Waals surface area contributed by atoms with Crippen LogP contribution in [0, 0.1) is 0 Å². The van der Waals surface area contributed by atoms with Gasteiger partial charge >= 0.3 is 5.97 Å². The maximum atomic E-state index is 12.6. The molecule has 1 saturated heterocycles. The number of imidazole rings is 1. The number of anilines is 1. The monoisotopic (exact) mass is 399 g/mol. The molecule has 9 heteroatoms. The first-order valence-electron chi connectivity index (χ1n) is 9.87. The van der Waals surface area contributed by atoms with Gasteiger partial charge in [-0.25, -0.2) is 9.78 Å². The fraction of sp³-hybridized carbons (Fsp3) is 0.450. The molecule has 1 amide bonds. The molecule has 0 atom stereocenters. The third-order valence-corrected chi connectivity index (χ3v) is 5.01. The molecule has 2 aliphatic rings. The zero-order valence-corrected chi connectivity index (χ0v) is 16.5. The van der Waals surface area contributed by atoms with E-state index >= 15 is 0 Å². The molecule has 1 aromatic carbocycles. The van der Waals surface area contributed by atoms with Gasteiger partial charge in [-0.1, -0.05) is 12.1 Å². The average Bonchev–Trinajstić information content (AvgIpc) is 3.18. The van der Waals surface area contributed by atoms with E-state index in [1.54, 1.807) is 18.1 Å². The molecule has 0 spiro atoms. The molecule has 0 radical (unpaired) electrons. The van der Waals surface area contributed by atoms with Crippen LogP contribution in [0.15, 0.2) is 30.5 Å². The maximum absolute atomic E-state index is 12.6. The molecule has 0 bridgehead atoms. The number of carbonyl (C=O) groups is 2. The normalized spacial score (nSPS) is 16.1. The molecular formula is C20H25N5O4. The van der Waals surface area contributed by atoms with Crippen molar-refractivity contribution in [2.24, 2.45) is 0 Å². The number of rotatable bonds is 6. The SMILES string of the molecule is CCOC(=O)c1cn2c(n1)CN(NC(=O)CCN1CCOCC1)c1ccccc1-2. The first-order valence-corrected chi connectivity index (χ1v) is 9.87. The van der Waals surface area contributed by atoms with Crippen LogP contribution in [0.1, 0.15) is 29.7 Å². The number of hydrogen-bond donors (Lipinski definition) is 1. The summed E-state index contributed by atoms with van der Waals surface area (Å²) in [5.74, 6) is 0.158. The van der Waals surface area contributed by atoms with Gasteiger partial charge in [0.25, 0.3) is 0 Å². The van der Waals surface area contributed by atoms with E-state index in [0.29, 0.717) is 45.2 Å². The molecular weight excluding hydrogens is 374 g/mol.